The van der Waals surface area contributed by atoms with Gasteiger partial charge in [0.15, 0.2) is 4.32 Å². The molecule has 0 saturated carbocycles. The van der Waals surface area contributed by atoms with E-state index in [0.29, 0.717) is 9.23 Å². The maximum absolute atomic E-state index is 12.8. The molecule has 2 aromatic carbocycles. The Balaban J connectivity index is 1.99. The molecule has 3 rings (SSSR count). The average Bonchev–Trinajstić information content (AvgIpc) is 2.83. The minimum atomic E-state index is -0.0378. The molecule has 116 valence electrons. The lowest BCUT2D eigenvalue weighted by molar-refractivity contribution is -0.113. The first-order valence-electron chi connectivity index (χ1n) is 7.53. The summed E-state index contributed by atoms with van der Waals surface area (Å²) in [5.41, 5.74) is 4.22. The van der Waals surface area contributed by atoms with Crippen LogP contribution in [0.5, 0.6) is 0 Å². The van der Waals surface area contributed by atoms with E-state index in [-0.39, 0.29) is 5.91 Å². The van der Waals surface area contributed by atoms with Crippen LogP contribution in [0.3, 0.4) is 0 Å². The Kier molecular flexibility index (Phi) is 4.64. The van der Waals surface area contributed by atoms with Crippen LogP contribution in [0.1, 0.15) is 23.6 Å². The van der Waals surface area contributed by atoms with E-state index >= 15 is 0 Å². The van der Waals surface area contributed by atoms with Crippen molar-refractivity contribution in [1.82, 2.24) is 0 Å². The molecule has 0 radical (unpaired) electrons. The van der Waals surface area contributed by atoms with Gasteiger partial charge in [-0.3, -0.25) is 9.69 Å². The highest BCUT2D eigenvalue weighted by Gasteiger charge is 2.34. The zero-order valence-corrected chi connectivity index (χ0v) is 14.7. The fraction of sp³-hybridized carbons (Fsp3) is 0.158. The van der Waals surface area contributed by atoms with Gasteiger partial charge < -0.3 is 0 Å². The van der Waals surface area contributed by atoms with Crippen LogP contribution in [-0.2, 0) is 11.2 Å². The number of amides is 1. The number of hydrogen-bond acceptors (Lipinski definition) is 3. The van der Waals surface area contributed by atoms with Crippen molar-refractivity contribution in [3.8, 4) is 0 Å². The van der Waals surface area contributed by atoms with Gasteiger partial charge in [0.05, 0.1) is 10.6 Å². The molecule has 1 heterocycles. The molecule has 1 aliphatic rings. The molecule has 0 spiro atoms. The van der Waals surface area contributed by atoms with Crippen molar-refractivity contribution >= 4 is 46.0 Å². The maximum Gasteiger partial charge on any atom is 0.270 e. The predicted octanol–water partition coefficient (Wildman–Crippen LogP) is 4.96. The van der Waals surface area contributed by atoms with Crippen LogP contribution < -0.4 is 4.90 Å². The van der Waals surface area contributed by atoms with Crippen LogP contribution in [0.25, 0.3) is 6.08 Å². The summed E-state index contributed by atoms with van der Waals surface area (Å²) < 4.78 is 0.593. The summed E-state index contributed by atoms with van der Waals surface area (Å²) in [5.74, 6) is -0.0378. The zero-order chi connectivity index (χ0) is 16.4. The van der Waals surface area contributed by atoms with Crippen molar-refractivity contribution < 1.29 is 4.79 Å². The molecule has 1 saturated heterocycles. The first kappa shape index (κ1) is 16.0. The Hall–Kier alpha value is -1.91. The first-order chi connectivity index (χ1) is 11.1. The molecule has 0 unspecified atom stereocenters. The Morgan fingerprint density at radius 1 is 1.13 bits per heavy atom. The number of para-hydroxylation sites is 1. The maximum atomic E-state index is 12.8. The number of hydrogen-bond donors (Lipinski definition) is 0. The van der Waals surface area contributed by atoms with E-state index in [2.05, 4.69) is 6.92 Å². The molecule has 1 aliphatic heterocycles. The highest BCUT2D eigenvalue weighted by Crippen LogP contribution is 2.37. The minimum absolute atomic E-state index is 0.0378. The average molecular weight is 339 g/mol. The van der Waals surface area contributed by atoms with Crippen LogP contribution in [0.15, 0.2) is 53.4 Å². The van der Waals surface area contributed by atoms with E-state index in [0.717, 1.165) is 28.8 Å². The highest BCUT2D eigenvalue weighted by molar-refractivity contribution is 8.27. The first-order valence-corrected chi connectivity index (χ1v) is 8.75. The Morgan fingerprint density at radius 3 is 2.57 bits per heavy atom. The topological polar surface area (TPSA) is 20.3 Å². The molecular formula is C19H17NOS2. The van der Waals surface area contributed by atoms with Gasteiger partial charge in [-0.15, -0.1) is 0 Å². The van der Waals surface area contributed by atoms with Gasteiger partial charge in [-0.05, 0) is 42.2 Å². The van der Waals surface area contributed by atoms with Crippen molar-refractivity contribution in [2.45, 2.75) is 20.3 Å². The van der Waals surface area contributed by atoms with Crippen molar-refractivity contribution in [3.63, 3.8) is 0 Å². The van der Waals surface area contributed by atoms with Gasteiger partial charge in [-0.25, -0.2) is 0 Å². The van der Waals surface area contributed by atoms with Crippen LogP contribution in [-0.4, -0.2) is 10.2 Å². The lowest BCUT2D eigenvalue weighted by Crippen LogP contribution is -2.28. The third kappa shape index (κ3) is 3.09. The number of carbonyl (C=O) groups excluding carboxylic acids is 1. The lowest BCUT2D eigenvalue weighted by Gasteiger charge is -2.18. The van der Waals surface area contributed by atoms with E-state index in [1.807, 2.05) is 61.5 Å². The van der Waals surface area contributed by atoms with Crippen molar-refractivity contribution in [1.29, 1.82) is 0 Å². The molecule has 0 aromatic heterocycles. The summed E-state index contributed by atoms with van der Waals surface area (Å²) in [6.07, 6.45) is 2.80. The number of thioether (sulfide) groups is 1. The van der Waals surface area contributed by atoms with E-state index in [1.54, 1.807) is 4.90 Å². The summed E-state index contributed by atoms with van der Waals surface area (Å²) in [7, 11) is 0. The second-order valence-electron chi connectivity index (χ2n) is 5.36. The number of thiocarbonyl (C=S) groups is 1. The minimum Gasteiger partial charge on any atom is -0.268 e. The summed E-state index contributed by atoms with van der Waals surface area (Å²) in [5, 5.41) is 0. The van der Waals surface area contributed by atoms with Crippen molar-refractivity contribution in [2.24, 2.45) is 0 Å². The second-order valence-corrected chi connectivity index (χ2v) is 7.03. The molecule has 4 heteroatoms. The summed E-state index contributed by atoms with van der Waals surface area (Å²) in [4.78, 5) is 15.2. The van der Waals surface area contributed by atoms with E-state index in [4.69, 9.17) is 12.2 Å². The predicted molar refractivity (Wildman–Crippen MR) is 103 cm³/mol. The molecule has 0 bridgehead atoms. The van der Waals surface area contributed by atoms with Gasteiger partial charge in [0.2, 0.25) is 0 Å². The molecule has 1 fully saturated rings. The fourth-order valence-electron chi connectivity index (χ4n) is 2.59. The van der Waals surface area contributed by atoms with Gasteiger partial charge in [0, 0.05) is 0 Å². The normalized spacial score (nSPS) is 16.4. The van der Waals surface area contributed by atoms with Crippen molar-refractivity contribution in [3.05, 3.63) is 70.1 Å². The largest absolute Gasteiger partial charge is 0.270 e. The molecule has 1 amide bonds. The highest BCUT2D eigenvalue weighted by atomic mass is 32.2. The second kappa shape index (κ2) is 6.69. The molecule has 0 N–H and O–H groups in total. The number of anilines is 1. The molecule has 0 aliphatic carbocycles. The van der Waals surface area contributed by atoms with Crippen molar-refractivity contribution in [2.75, 3.05) is 4.90 Å². The van der Waals surface area contributed by atoms with Gasteiger partial charge in [-0.1, -0.05) is 73.4 Å². The molecule has 2 aromatic rings. The summed E-state index contributed by atoms with van der Waals surface area (Å²) in [6, 6.07) is 16.0. The molecule has 23 heavy (non-hydrogen) atoms. The Morgan fingerprint density at radius 2 is 1.83 bits per heavy atom. The number of benzene rings is 2. The van der Waals surface area contributed by atoms with Crippen LogP contribution in [0.2, 0.25) is 0 Å². The number of carbonyl (C=O) groups is 1. The summed E-state index contributed by atoms with van der Waals surface area (Å²) in [6.45, 7) is 4.12. The Labute approximate surface area is 146 Å². The van der Waals surface area contributed by atoms with Gasteiger partial charge in [0.1, 0.15) is 0 Å². The standard InChI is InChI=1S/C19H17NOS2/c1-3-14-9-6-7-11-16(14)20-18(21)17(23-19(20)22)12-15-10-5-4-8-13(15)2/h4-12H,3H2,1-2H3. The third-order valence-electron chi connectivity index (χ3n) is 3.88. The third-order valence-corrected chi connectivity index (χ3v) is 5.18. The smallest absolute Gasteiger partial charge is 0.268 e. The molecular weight excluding hydrogens is 322 g/mol. The zero-order valence-electron chi connectivity index (χ0n) is 13.1. The lowest BCUT2D eigenvalue weighted by atomic mass is 10.1. The van der Waals surface area contributed by atoms with Gasteiger partial charge in [-0.2, -0.15) is 0 Å². The van der Waals surface area contributed by atoms with Crippen LogP contribution in [0.4, 0.5) is 5.69 Å². The number of aryl methyl sites for hydroxylation is 2. The quantitative estimate of drug-likeness (QED) is 0.582. The summed E-state index contributed by atoms with van der Waals surface area (Å²) >= 11 is 6.83. The van der Waals surface area contributed by atoms with Gasteiger partial charge in [0.25, 0.3) is 5.91 Å². The van der Waals surface area contributed by atoms with Crippen LogP contribution >= 0.6 is 24.0 Å². The fourth-order valence-corrected chi connectivity index (χ4v) is 3.87. The van der Waals surface area contributed by atoms with E-state index in [9.17, 15) is 4.79 Å². The monoisotopic (exact) mass is 339 g/mol. The molecule has 2 nitrogen and oxygen atoms in total. The number of nitrogens with zero attached hydrogens (tertiary/aromatic N) is 1. The van der Waals surface area contributed by atoms with E-state index < -0.39 is 0 Å². The van der Waals surface area contributed by atoms with Crippen LogP contribution in [0, 0.1) is 6.92 Å². The number of rotatable bonds is 3. The van der Waals surface area contributed by atoms with Gasteiger partial charge >= 0.3 is 0 Å². The SMILES string of the molecule is CCc1ccccc1N1C(=O)C(=Cc2ccccc2C)SC1=S. The molecule has 0 atom stereocenters. The Bertz CT molecular complexity index is 811. The van der Waals surface area contributed by atoms with E-state index in [1.165, 1.54) is 11.8 Å².